The van der Waals surface area contributed by atoms with E-state index < -0.39 is 0 Å². The van der Waals surface area contributed by atoms with Crippen LogP contribution in [0.3, 0.4) is 0 Å². The smallest absolute Gasteiger partial charge is 0.261 e. The van der Waals surface area contributed by atoms with Crippen LogP contribution in [-0.2, 0) is 11.3 Å². The van der Waals surface area contributed by atoms with Gasteiger partial charge in [-0.05, 0) is 29.8 Å². The molecule has 0 spiro atoms. The lowest BCUT2D eigenvalue weighted by Crippen LogP contribution is -2.35. The topological polar surface area (TPSA) is 86.8 Å². The van der Waals surface area contributed by atoms with Gasteiger partial charge in [0.15, 0.2) is 0 Å². The zero-order valence-corrected chi connectivity index (χ0v) is 15.8. The molecule has 7 heteroatoms. The summed E-state index contributed by atoms with van der Waals surface area (Å²) in [5.74, 6) is -1.06. The Morgan fingerprint density at radius 2 is 1.54 bits per heavy atom. The van der Waals surface area contributed by atoms with Crippen LogP contribution in [0.4, 0.5) is 0 Å². The Balaban J connectivity index is 1.56. The maximum Gasteiger partial charge on any atom is 0.261 e. The third-order valence-corrected chi connectivity index (χ3v) is 4.72. The fraction of sp³-hybridized carbons (Fsp3) is 0.238. The number of carbonyl (C=O) groups excluding carboxylic acids is 4. The van der Waals surface area contributed by atoms with Crippen molar-refractivity contribution in [3.8, 4) is 0 Å². The standard InChI is InChI=1S/C21H21N3O4/c1-22-19(26)15-9-7-14(8-10-15)13-23(2)18(25)11-12-24-20(27)16-5-3-4-6-17(16)21(24)28/h3-10H,11-13H2,1-2H3,(H,22,26). The number of nitrogens with one attached hydrogen (secondary N) is 1. The number of rotatable bonds is 6. The second-order valence-electron chi connectivity index (χ2n) is 6.58. The zero-order valence-electron chi connectivity index (χ0n) is 15.8. The van der Waals surface area contributed by atoms with E-state index >= 15 is 0 Å². The molecule has 1 N–H and O–H groups in total. The van der Waals surface area contributed by atoms with Crippen molar-refractivity contribution in [1.82, 2.24) is 15.1 Å². The molecular weight excluding hydrogens is 358 g/mol. The Morgan fingerprint density at radius 3 is 2.07 bits per heavy atom. The average Bonchev–Trinajstić information content (AvgIpc) is 2.96. The summed E-state index contributed by atoms with van der Waals surface area (Å²) in [4.78, 5) is 51.3. The fourth-order valence-corrected chi connectivity index (χ4v) is 3.11. The summed E-state index contributed by atoms with van der Waals surface area (Å²) in [6.45, 7) is 0.417. The van der Waals surface area contributed by atoms with Crippen molar-refractivity contribution < 1.29 is 19.2 Å². The van der Waals surface area contributed by atoms with E-state index in [0.29, 0.717) is 23.2 Å². The highest BCUT2D eigenvalue weighted by atomic mass is 16.2. The Bertz CT molecular complexity index is 902. The number of carbonyl (C=O) groups is 4. The minimum Gasteiger partial charge on any atom is -0.355 e. The quantitative estimate of drug-likeness (QED) is 0.774. The van der Waals surface area contributed by atoms with Crippen molar-refractivity contribution in [2.75, 3.05) is 20.6 Å². The summed E-state index contributed by atoms with van der Waals surface area (Å²) in [5, 5.41) is 2.55. The third kappa shape index (κ3) is 3.78. The van der Waals surface area contributed by atoms with Gasteiger partial charge < -0.3 is 10.2 Å². The molecular formula is C21H21N3O4. The zero-order chi connectivity index (χ0) is 20.3. The highest BCUT2D eigenvalue weighted by molar-refractivity contribution is 6.21. The van der Waals surface area contributed by atoms with Crippen molar-refractivity contribution in [1.29, 1.82) is 0 Å². The number of hydrogen-bond acceptors (Lipinski definition) is 4. The van der Waals surface area contributed by atoms with Gasteiger partial charge in [-0.25, -0.2) is 0 Å². The molecule has 1 aliphatic rings. The van der Waals surface area contributed by atoms with E-state index in [4.69, 9.17) is 0 Å². The van der Waals surface area contributed by atoms with E-state index in [0.717, 1.165) is 10.5 Å². The van der Waals surface area contributed by atoms with Crippen LogP contribution in [0.5, 0.6) is 0 Å². The first-order valence-corrected chi connectivity index (χ1v) is 8.92. The number of benzene rings is 2. The number of hydrogen-bond donors (Lipinski definition) is 1. The number of fused-ring (bicyclic) bond motifs is 1. The molecule has 0 saturated heterocycles. The lowest BCUT2D eigenvalue weighted by molar-refractivity contribution is -0.130. The van der Waals surface area contributed by atoms with Gasteiger partial charge in [-0.2, -0.15) is 0 Å². The van der Waals surface area contributed by atoms with Gasteiger partial charge in [0.2, 0.25) is 5.91 Å². The van der Waals surface area contributed by atoms with Crippen molar-refractivity contribution in [2.45, 2.75) is 13.0 Å². The molecule has 2 aromatic carbocycles. The molecule has 3 rings (SSSR count). The van der Waals surface area contributed by atoms with Crippen LogP contribution in [0.1, 0.15) is 43.1 Å². The SMILES string of the molecule is CNC(=O)c1ccc(CN(C)C(=O)CCN2C(=O)c3ccccc3C2=O)cc1. The van der Waals surface area contributed by atoms with Crippen LogP contribution in [0, 0.1) is 0 Å². The second-order valence-corrected chi connectivity index (χ2v) is 6.58. The predicted molar refractivity (Wildman–Crippen MR) is 103 cm³/mol. The molecule has 0 unspecified atom stereocenters. The molecule has 0 radical (unpaired) electrons. The first kappa shape index (κ1) is 19.3. The molecule has 2 aromatic rings. The molecule has 7 nitrogen and oxygen atoms in total. The van der Waals surface area contributed by atoms with Gasteiger partial charge in [0.05, 0.1) is 11.1 Å². The summed E-state index contributed by atoms with van der Waals surface area (Å²) in [5.41, 5.74) is 2.18. The lowest BCUT2D eigenvalue weighted by Gasteiger charge is -2.19. The maximum absolute atomic E-state index is 12.4. The van der Waals surface area contributed by atoms with Crippen LogP contribution in [-0.4, -0.2) is 54.1 Å². The van der Waals surface area contributed by atoms with Crippen molar-refractivity contribution in [3.05, 3.63) is 70.8 Å². The van der Waals surface area contributed by atoms with Gasteiger partial charge >= 0.3 is 0 Å². The Labute approximate surface area is 162 Å². The normalized spacial score (nSPS) is 12.7. The molecule has 144 valence electrons. The Morgan fingerprint density at radius 1 is 0.964 bits per heavy atom. The molecule has 0 fully saturated rings. The highest BCUT2D eigenvalue weighted by Crippen LogP contribution is 2.22. The van der Waals surface area contributed by atoms with Crippen molar-refractivity contribution in [3.63, 3.8) is 0 Å². The van der Waals surface area contributed by atoms with Crippen LogP contribution in [0.25, 0.3) is 0 Å². The van der Waals surface area contributed by atoms with Gasteiger partial charge in [-0.15, -0.1) is 0 Å². The van der Waals surface area contributed by atoms with Crippen LogP contribution < -0.4 is 5.32 Å². The van der Waals surface area contributed by atoms with E-state index in [2.05, 4.69) is 5.32 Å². The molecule has 1 aliphatic heterocycles. The molecule has 28 heavy (non-hydrogen) atoms. The lowest BCUT2D eigenvalue weighted by atomic mass is 10.1. The van der Waals surface area contributed by atoms with Gasteiger partial charge in [-0.3, -0.25) is 24.1 Å². The summed E-state index contributed by atoms with van der Waals surface area (Å²) in [6.07, 6.45) is 0.0539. The van der Waals surface area contributed by atoms with Crippen LogP contribution >= 0.6 is 0 Å². The molecule has 0 bridgehead atoms. The second kappa shape index (κ2) is 8.04. The summed E-state index contributed by atoms with van der Waals surface area (Å²) < 4.78 is 0. The predicted octanol–water partition coefficient (Wildman–Crippen LogP) is 1.69. The van der Waals surface area contributed by atoms with Gasteiger partial charge in [0, 0.05) is 39.2 Å². The molecule has 0 aromatic heterocycles. The van der Waals surface area contributed by atoms with Gasteiger partial charge in [0.25, 0.3) is 17.7 Å². The Kier molecular flexibility index (Phi) is 5.54. The van der Waals surface area contributed by atoms with E-state index in [1.165, 1.54) is 4.90 Å². The highest BCUT2D eigenvalue weighted by Gasteiger charge is 2.35. The molecule has 1 heterocycles. The summed E-state index contributed by atoms with van der Waals surface area (Å²) in [7, 11) is 3.23. The third-order valence-electron chi connectivity index (χ3n) is 4.72. The fourth-order valence-electron chi connectivity index (χ4n) is 3.11. The summed E-state index contributed by atoms with van der Waals surface area (Å²) >= 11 is 0. The monoisotopic (exact) mass is 379 g/mol. The molecule has 0 aliphatic carbocycles. The maximum atomic E-state index is 12.4. The molecule has 0 atom stereocenters. The minimum atomic E-state index is -0.360. The molecule has 4 amide bonds. The largest absolute Gasteiger partial charge is 0.355 e. The molecule has 0 saturated carbocycles. The number of nitrogens with zero attached hydrogens (tertiary/aromatic N) is 2. The summed E-state index contributed by atoms with van der Waals surface area (Å²) in [6, 6.07) is 13.6. The van der Waals surface area contributed by atoms with Crippen LogP contribution in [0.15, 0.2) is 48.5 Å². The van der Waals surface area contributed by atoms with E-state index in [1.54, 1.807) is 62.6 Å². The first-order valence-electron chi connectivity index (χ1n) is 8.92. The van der Waals surface area contributed by atoms with Crippen molar-refractivity contribution >= 4 is 23.6 Å². The van der Waals surface area contributed by atoms with Crippen LogP contribution in [0.2, 0.25) is 0 Å². The van der Waals surface area contributed by atoms with Crippen molar-refractivity contribution in [2.24, 2.45) is 0 Å². The van der Waals surface area contributed by atoms with Gasteiger partial charge in [0.1, 0.15) is 0 Å². The van der Waals surface area contributed by atoms with Gasteiger partial charge in [-0.1, -0.05) is 24.3 Å². The average molecular weight is 379 g/mol. The van der Waals surface area contributed by atoms with E-state index in [1.807, 2.05) is 0 Å². The number of amides is 4. The Hall–Kier alpha value is -3.48. The number of imide groups is 1. The van der Waals surface area contributed by atoms with E-state index in [9.17, 15) is 19.2 Å². The van der Waals surface area contributed by atoms with E-state index in [-0.39, 0.29) is 36.6 Å². The minimum absolute atomic E-state index is 0.0468. The first-order chi connectivity index (χ1) is 13.4.